The van der Waals surface area contributed by atoms with E-state index in [0.717, 1.165) is 34.0 Å². The highest BCUT2D eigenvalue weighted by atomic mass is 28.4. The molecule has 3 rings (SSSR count). The van der Waals surface area contributed by atoms with E-state index in [1.165, 1.54) is 0 Å². The number of benzene rings is 2. The second-order valence-corrected chi connectivity index (χ2v) is 11.4. The number of rotatable bonds is 5. The van der Waals surface area contributed by atoms with Crippen LogP contribution in [0.15, 0.2) is 76.3 Å². The summed E-state index contributed by atoms with van der Waals surface area (Å²) in [6.07, 6.45) is 1.67. The van der Waals surface area contributed by atoms with Gasteiger partial charge in [-0.3, -0.25) is 0 Å². The van der Waals surface area contributed by atoms with Crippen LogP contribution in [0.2, 0.25) is 19.6 Å². The van der Waals surface area contributed by atoms with Gasteiger partial charge in [0, 0.05) is 5.56 Å². The fourth-order valence-corrected chi connectivity index (χ4v) is 3.34. The Bertz CT molecular complexity index is 863. The third-order valence-electron chi connectivity index (χ3n) is 3.57. The second kappa shape index (κ2) is 7.11. The maximum Gasteiger partial charge on any atom is 0.242 e. The highest BCUT2D eigenvalue weighted by molar-refractivity contribution is 6.70. The Morgan fingerprint density at radius 2 is 1.72 bits per heavy atom. The first kappa shape index (κ1) is 17.2. The summed E-state index contributed by atoms with van der Waals surface area (Å²) >= 11 is 0. The molecule has 0 aliphatic heterocycles. The first-order valence-electron chi connectivity index (χ1n) is 8.40. The van der Waals surface area contributed by atoms with E-state index in [9.17, 15) is 0 Å². The summed E-state index contributed by atoms with van der Waals surface area (Å²) in [5, 5.41) is 0. The highest BCUT2D eigenvalue weighted by Crippen LogP contribution is 2.32. The van der Waals surface area contributed by atoms with Crippen molar-refractivity contribution in [3.05, 3.63) is 83.8 Å². The normalized spacial score (nSPS) is 12.2. The molecule has 0 unspecified atom stereocenters. The van der Waals surface area contributed by atoms with Crippen molar-refractivity contribution >= 4 is 19.7 Å². The van der Waals surface area contributed by atoms with Crippen LogP contribution in [0.4, 0.5) is 5.69 Å². The second-order valence-electron chi connectivity index (χ2n) is 6.99. The SMILES string of the molecule is Cc1ccc(N=C(c2ccccc2)c2ccco2)c(O[Si](C)(C)C)c1. The molecule has 0 aliphatic rings. The quantitative estimate of drug-likeness (QED) is 0.420. The lowest BCUT2D eigenvalue weighted by Gasteiger charge is -2.21. The Balaban J connectivity index is 2.13. The van der Waals surface area contributed by atoms with Gasteiger partial charge in [-0.05, 0) is 56.4 Å². The van der Waals surface area contributed by atoms with Gasteiger partial charge in [0.1, 0.15) is 17.1 Å². The summed E-state index contributed by atoms with van der Waals surface area (Å²) in [6.45, 7) is 8.59. The molecule has 128 valence electrons. The van der Waals surface area contributed by atoms with Crippen molar-refractivity contribution in [2.75, 3.05) is 0 Å². The van der Waals surface area contributed by atoms with Gasteiger partial charge in [0.25, 0.3) is 0 Å². The van der Waals surface area contributed by atoms with Crippen LogP contribution in [-0.4, -0.2) is 14.0 Å². The van der Waals surface area contributed by atoms with Gasteiger partial charge in [-0.1, -0.05) is 36.4 Å². The Morgan fingerprint density at radius 3 is 2.36 bits per heavy atom. The number of furan rings is 1. The van der Waals surface area contributed by atoms with E-state index < -0.39 is 8.32 Å². The molecule has 0 bridgehead atoms. The Kier molecular flexibility index (Phi) is 4.90. The molecular formula is C21H23NO2Si. The molecule has 0 radical (unpaired) electrons. The van der Waals surface area contributed by atoms with Gasteiger partial charge in [0.2, 0.25) is 8.32 Å². The summed E-state index contributed by atoms with van der Waals surface area (Å²) in [5.41, 5.74) is 3.79. The van der Waals surface area contributed by atoms with E-state index in [0.29, 0.717) is 0 Å². The lowest BCUT2D eigenvalue weighted by molar-refractivity contribution is 0.556. The minimum Gasteiger partial charge on any atom is -0.543 e. The van der Waals surface area contributed by atoms with Gasteiger partial charge in [0.15, 0.2) is 5.76 Å². The molecule has 0 N–H and O–H groups in total. The lowest BCUT2D eigenvalue weighted by atomic mass is 10.1. The minimum atomic E-state index is -1.74. The topological polar surface area (TPSA) is 34.7 Å². The molecule has 1 aromatic heterocycles. The predicted molar refractivity (Wildman–Crippen MR) is 106 cm³/mol. The van der Waals surface area contributed by atoms with Crippen LogP contribution in [0.1, 0.15) is 16.9 Å². The first-order valence-corrected chi connectivity index (χ1v) is 11.8. The third-order valence-corrected chi connectivity index (χ3v) is 4.40. The smallest absolute Gasteiger partial charge is 0.242 e. The monoisotopic (exact) mass is 349 g/mol. The molecule has 0 fully saturated rings. The van der Waals surface area contributed by atoms with Crippen molar-refractivity contribution in [1.82, 2.24) is 0 Å². The molecule has 4 heteroatoms. The molecule has 2 aromatic carbocycles. The molecule has 0 atom stereocenters. The summed E-state index contributed by atoms with van der Waals surface area (Å²) < 4.78 is 11.9. The van der Waals surface area contributed by atoms with Gasteiger partial charge < -0.3 is 8.84 Å². The van der Waals surface area contributed by atoms with Gasteiger partial charge in [-0.25, -0.2) is 4.99 Å². The minimum absolute atomic E-state index is 0.741. The number of hydrogen-bond donors (Lipinski definition) is 0. The number of hydrogen-bond acceptors (Lipinski definition) is 3. The Morgan fingerprint density at radius 1 is 0.960 bits per heavy atom. The van der Waals surface area contributed by atoms with E-state index in [2.05, 4.69) is 38.7 Å². The van der Waals surface area contributed by atoms with E-state index in [4.69, 9.17) is 13.8 Å². The van der Waals surface area contributed by atoms with Crippen molar-refractivity contribution < 1.29 is 8.84 Å². The molecule has 3 aromatic rings. The number of aryl methyl sites for hydroxylation is 1. The molecule has 25 heavy (non-hydrogen) atoms. The predicted octanol–water partition coefficient (Wildman–Crippen LogP) is 5.97. The zero-order chi connectivity index (χ0) is 17.9. The van der Waals surface area contributed by atoms with E-state index in [-0.39, 0.29) is 0 Å². The summed E-state index contributed by atoms with van der Waals surface area (Å²) in [4.78, 5) is 4.92. The van der Waals surface area contributed by atoms with Gasteiger partial charge in [-0.15, -0.1) is 0 Å². The van der Waals surface area contributed by atoms with E-state index in [1.807, 2.05) is 48.5 Å². The maximum absolute atomic E-state index is 6.27. The molecule has 1 heterocycles. The van der Waals surface area contributed by atoms with Crippen LogP contribution in [0.5, 0.6) is 5.75 Å². The van der Waals surface area contributed by atoms with Crippen molar-refractivity contribution in [2.24, 2.45) is 4.99 Å². The maximum atomic E-state index is 6.27. The molecule has 0 saturated heterocycles. The summed E-state index contributed by atoms with van der Waals surface area (Å²) in [7, 11) is -1.74. The van der Waals surface area contributed by atoms with Crippen molar-refractivity contribution in [1.29, 1.82) is 0 Å². The van der Waals surface area contributed by atoms with Gasteiger partial charge in [0.05, 0.1) is 6.26 Å². The van der Waals surface area contributed by atoms with Crippen molar-refractivity contribution in [2.45, 2.75) is 26.6 Å². The fraction of sp³-hybridized carbons (Fsp3) is 0.190. The summed E-state index contributed by atoms with van der Waals surface area (Å²) in [6, 6.07) is 20.0. The van der Waals surface area contributed by atoms with Crippen LogP contribution < -0.4 is 4.43 Å². The Labute approximate surface area is 150 Å². The standard InChI is InChI=1S/C21H23NO2Si/c1-16-12-13-18(20(15-16)24-25(2,3)4)22-21(19-11-8-14-23-19)17-9-6-5-7-10-17/h5-15H,1-4H3. The van der Waals surface area contributed by atoms with Crippen LogP contribution in [0, 0.1) is 6.92 Å². The molecule has 0 spiro atoms. The van der Waals surface area contributed by atoms with Crippen LogP contribution >= 0.6 is 0 Å². The zero-order valence-electron chi connectivity index (χ0n) is 15.1. The first-order chi connectivity index (χ1) is 11.9. The van der Waals surface area contributed by atoms with Crippen LogP contribution in [-0.2, 0) is 0 Å². The van der Waals surface area contributed by atoms with Gasteiger partial charge in [-0.2, -0.15) is 0 Å². The molecular weight excluding hydrogens is 326 g/mol. The molecule has 3 nitrogen and oxygen atoms in total. The Hall–Kier alpha value is -2.59. The number of aliphatic imine (C=N–C) groups is 1. The largest absolute Gasteiger partial charge is 0.543 e. The molecule has 0 amide bonds. The zero-order valence-corrected chi connectivity index (χ0v) is 16.1. The van der Waals surface area contributed by atoms with Crippen molar-refractivity contribution in [3.8, 4) is 5.75 Å². The average molecular weight is 350 g/mol. The number of nitrogens with zero attached hydrogens (tertiary/aromatic N) is 1. The molecule has 0 saturated carbocycles. The van der Waals surface area contributed by atoms with E-state index >= 15 is 0 Å². The lowest BCUT2D eigenvalue weighted by Crippen LogP contribution is -2.29. The van der Waals surface area contributed by atoms with Gasteiger partial charge >= 0.3 is 0 Å². The molecule has 0 aliphatic carbocycles. The van der Waals surface area contributed by atoms with Crippen molar-refractivity contribution in [3.63, 3.8) is 0 Å². The highest BCUT2D eigenvalue weighted by Gasteiger charge is 2.19. The average Bonchev–Trinajstić information content (AvgIpc) is 3.08. The van der Waals surface area contributed by atoms with Crippen LogP contribution in [0.3, 0.4) is 0 Å². The fourth-order valence-electron chi connectivity index (χ4n) is 2.52. The van der Waals surface area contributed by atoms with Crippen LogP contribution in [0.25, 0.3) is 0 Å². The third kappa shape index (κ3) is 4.48. The summed E-state index contributed by atoms with van der Waals surface area (Å²) in [5.74, 6) is 1.57. The van der Waals surface area contributed by atoms with E-state index in [1.54, 1.807) is 6.26 Å².